The summed E-state index contributed by atoms with van der Waals surface area (Å²) in [6.07, 6.45) is 5.18. The Bertz CT molecular complexity index is 928. The number of carbonyl (C=O) groups excluding carboxylic acids is 1. The highest BCUT2D eigenvalue weighted by molar-refractivity contribution is 5.97. The lowest BCUT2D eigenvalue weighted by Gasteiger charge is -2.41. The van der Waals surface area contributed by atoms with E-state index in [0.29, 0.717) is 17.9 Å². The SMILES string of the molecule is COc1ccccc1C(=O)NC[C@]1(c2ccccc2)CC[C@H](N/C(N)=N/C#N)CC1. The minimum atomic E-state index is -0.168. The lowest BCUT2D eigenvalue weighted by atomic mass is 9.68. The third kappa shape index (κ3) is 4.90. The number of nitriles is 1. The molecule has 1 aliphatic carbocycles. The molecule has 1 aliphatic rings. The minimum Gasteiger partial charge on any atom is -0.496 e. The molecule has 0 aliphatic heterocycles. The number of aliphatic imine (C=N–C) groups is 1. The van der Waals surface area contributed by atoms with Gasteiger partial charge in [-0.3, -0.25) is 4.79 Å². The topological polar surface area (TPSA) is 113 Å². The Labute approximate surface area is 176 Å². The number of benzene rings is 2. The van der Waals surface area contributed by atoms with Crippen molar-refractivity contribution in [3.8, 4) is 11.9 Å². The zero-order valence-electron chi connectivity index (χ0n) is 17.1. The lowest BCUT2D eigenvalue weighted by molar-refractivity contribution is 0.0932. The van der Waals surface area contributed by atoms with Gasteiger partial charge in [-0.25, -0.2) is 0 Å². The highest BCUT2D eigenvalue weighted by Gasteiger charge is 2.37. The number of amides is 1. The first kappa shape index (κ1) is 21.2. The Hall–Kier alpha value is -3.53. The van der Waals surface area contributed by atoms with E-state index >= 15 is 0 Å². The third-order valence-corrected chi connectivity index (χ3v) is 5.79. The third-order valence-electron chi connectivity index (χ3n) is 5.79. The van der Waals surface area contributed by atoms with Crippen molar-refractivity contribution < 1.29 is 9.53 Å². The van der Waals surface area contributed by atoms with Crippen molar-refractivity contribution in [3.63, 3.8) is 0 Å². The van der Waals surface area contributed by atoms with Crippen LogP contribution >= 0.6 is 0 Å². The van der Waals surface area contributed by atoms with Crippen LogP contribution in [0.4, 0.5) is 0 Å². The molecule has 0 heterocycles. The zero-order chi connectivity index (χ0) is 21.4. The maximum atomic E-state index is 12.9. The molecule has 0 spiro atoms. The maximum absolute atomic E-state index is 12.9. The molecule has 30 heavy (non-hydrogen) atoms. The van der Waals surface area contributed by atoms with Crippen LogP contribution in [0.1, 0.15) is 41.6 Å². The summed E-state index contributed by atoms with van der Waals surface area (Å²) in [5, 5.41) is 14.9. The van der Waals surface area contributed by atoms with Crippen LogP contribution in [-0.2, 0) is 5.41 Å². The summed E-state index contributed by atoms with van der Waals surface area (Å²) in [5.74, 6) is 0.566. The first-order valence-corrected chi connectivity index (χ1v) is 10.0. The van der Waals surface area contributed by atoms with E-state index in [1.165, 1.54) is 5.56 Å². The summed E-state index contributed by atoms with van der Waals surface area (Å²) in [6, 6.07) is 17.7. The molecule has 4 N–H and O–H groups in total. The van der Waals surface area contributed by atoms with E-state index in [1.54, 1.807) is 25.4 Å². The van der Waals surface area contributed by atoms with Crippen LogP contribution in [0.2, 0.25) is 0 Å². The summed E-state index contributed by atoms with van der Waals surface area (Å²) in [6.45, 7) is 0.530. The molecular weight excluding hydrogens is 378 g/mol. The number of carbonyl (C=O) groups is 1. The molecule has 156 valence electrons. The van der Waals surface area contributed by atoms with Gasteiger partial charge in [0, 0.05) is 18.0 Å². The smallest absolute Gasteiger partial charge is 0.255 e. The zero-order valence-corrected chi connectivity index (χ0v) is 17.1. The van der Waals surface area contributed by atoms with Crippen molar-refractivity contribution in [2.45, 2.75) is 37.1 Å². The standard InChI is InChI=1S/C23H27N5O2/c1-30-20-10-6-5-9-19(20)21(29)26-15-23(17-7-3-2-4-8-17)13-11-18(12-14-23)28-22(25)27-16-24/h2-10,18H,11-15H2,1H3,(H,26,29)(H3,25,27,28)/t18-,23-. The van der Waals surface area contributed by atoms with Gasteiger partial charge in [-0.15, -0.1) is 4.99 Å². The van der Waals surface area contributed by atoms with E-state index in [-0.39, 0.29) is 23.3 Å². The van der Waals surface area contributed by atoms with Crippen LogP contribution in [0.15, 0.2) is 59.6 Å². The molecule has 1 amide bonds. The fourth-order valence-corrected chi connectivity index (χ4v) is 4.15. The van der Waals surface area contributed by atoms with Crippen LogP contribution < -0.4 is 21.1 Å². The summed E-state index contributed by atoms with van der Waals surface area (Å²) in [4.78, 5) is 16.4. The van der Waals surface area contributed by atoms with Gasteiger partial charge in [0.1, 0.15) is 5.75 Å². The number of hydrogen-bond acceptors (Lipinski definition) is 4. The number of guanidine groups is 1. The second-order valence-electron chi connectivity index (χ2n) is 7.54. The Balaban J connectivity index is 1.74. The van der Waals surface area contributed by atoms with Crippen LogP contribution in [0.5, 0.6) is 5.75 Å². The summed E-state index contributed by atoms with van der Waals surface area (Å²) in [7, 11) is 1.56. The number of rotatable bonds is 6. The highest BCUT2D eigenvalue weighted by Crippen LogP contribution is 2.39. The van der Waals surface area contributed by atoms with E-state index in [9.17, 15) is 4.79 Å². The molecule has 7 nitrogen and oxygen atoms in total. The van der Waals surface area contributed by atoms with Gasteiger partial charge < -0.3 is 21.1 Å². The van der Waals surface area contributed by atoms with Gasteiger partial charge in [0.25, 0.3) is 5.91 Å². The molecule has 2 aromatic carbocycles. The number of para-hydroxylation sites is 1. The molecule has 1 fully saturated rings. The largest absolute Gasteiger partial charge is 0.496 e. The molecule has 3 rings (SSSR count). The van der Waals surface area contributed by atoms with Crippen molar-refractivity contribution in [2.24, 2.45) is 10.7 Å². The lowest BCUT2D eigenvalue weighted by Crippen LogP contribution is -2.48. The van der Waals surface area contributed by atoms with Crippen molar-refractivity contribution in [1.29, 1.82) is 5.26 Å². The van der Waals surface area contributed by atoms with E-state index in [2.05, 4.69) is 27.8 Å². The monoisotopic (exact) mass is 405 g/mol. The predicted octanol–water partition coefficient (Wildman–Crippen LogP) is 2.69. The highest BCUT2D eigenvalue weighted by atomic mass is 16.5. The molecule has 1 saturated carbocycles. The molecule has 0 aromatic heterocycles. The van der Waals surface area contributed by atoms with E-state index in [0.717, 1.165) is 25.7 Å². The first-order chi connectivity index (χ1) is 14.6. The molecule has 0 atom stereocenters. The fraction of sp³-hybridized carbons (Fsp3) is 0.348. The molecule has 2 aromatic rings. The van der Waals surface area contributed by atoms with Crippen LogP contribution in [-0.4, -0.2) is 31.6 Å². The summed E-state index contributed by atoms with van der Waals surface area (Å²) < 4.78 is 5.32. The van der Waals surface area contributed by atoms with Gasteiger partial charge in [-0.05, 0) is 43.4 Å². The van der Waals surface area contributed by atoms with Crippen LogP contribution in [0.3, 0.4) is 0 Å². The molecular formula is C23H27N5O2. The number of nitrogens with zero attached hydrogens (tertiary/aromatic N) is 2. The van der Waals surface area contributed by atoms with Gasteiger partial charge in [0.05, 0.1) is 12.7 Å². The Morgan fingerprint density at radius 3 is 2.53 bits per heavy atom. The molecule has 0 bridgehead atoms. The quantitative estimate of drug-likeness (QED) is 0.389. The van der Waals surface area contributed by atoms with Gasteiger partial charge in [0.2, 0.25) is 12.2 Å². The normalized spacial score (nSPS) is 21.3. The van der Waals surface area contributed by atoms with Gasteiger partial charge in [0.15, 0.2) is 0 Å². The number of nitrogens with two attached hydrogens (primary N) is 1. The van der Waals surface area contributed by atoms with Crippen molar-refractivity contribution >= 4 is 11.9 Å². The van der Waals surface area contributed by atoms with Crippen molar-refractivity contribution in [2.75, 3.05) is 13.7 Å². The van der Waals surface area contributed by atoms with E-state index < -0.39 is 0 Å². The van der Waals surface area contributed by atoms with Crippen LogP contribution in [0, 0.1) is 11.5 Å². The van der Waals surface area contributed by atoms with Crippen molar-refractivity contribution in [1.82, 2.24) is 10.6 Å². The number of methoxy groups -OCH3 is 1. The second-order valence-corrected chi connectivity index (χ2v) is 7.54. The van der Waals surface area contributed by atoms with Gasteiger partial charge in [-0.1, -0.05) is 42.5 Å². The molecule has 0 saturated heterocycles. The number of nitrogens with one attached hydrogen (secondary N) is 2. The van der Waals surface area contributed by atoms with Gasteiger partial charge >= 0.3 is 0 Å². The molecule has 0 radical (unpaired) electrons. The maximum Gasteiger partial charge on any atom is 0.255 e. The summed E-state index contributed by atoms with van der Waals surface area (Å²) >= 11 is 0. The first-order valence-electron chi connectivity index (χ1n) is 10.0. The average Bonchev–Trinajstić information content (AvgIpc) is 2.79. The van der Waals surface area contributed by atoms with E-state index in [1.807, 2.05) is 30.3 Å². The van der Waals surface area contributed by atoms with Crippen LogP contribution in [0.25, 0.3) is 0 Å². The Morgan fingerprint density at radius 1 is 1.20 bits per heavy atom. The second kappa shape index (κ2) is 9.79. The summed E-state index contributed by atoms with van der Waals surface area (Å²) in [5.41, 5.74) is 7.30. The van der Waals surface area contributed by atoms with Crippen molar-refractivity contribution in [3.05, 3.63) is 65.7 Å². The van der Waals surface area contributed by atoms with E-state index in [4.69, 9.17) is 15.7 Å². The minimum absolute atomic E-state index is 0.145. The predicted molar refractivity (Wildman–Crippen MR) is 116 cm³/mol. The number of ether oxygens (including phenoxy) is 1. The number of hydrogen-bond donors (Lipinski definition) is 3. The Morgan fingerprint density at radius 2 is 1.87 bits per heavy atom. The van der Waals surface area contributed by atoms with Gasteiger partial charge in [-0.2, -0.15) is 5.26 Å². The molecule has 0 unspecified atom stereocenters. The molecule has 7 heteroatoms. The average molecular weight is 406 g/mol. The fourth-order valence-electron chi connectivity index (χ4n) is 4.15. The Kier molecular flexibility index (Phi) is 6.91.